The highest BCUT2D eigenvalue weighted by atomic mass is 79.9. The lowest BCUT2D eigenvalue weighted by atomic mass is 10.3. The van der Waals surface area contributed by atoms with Gasteiger partial charge in [0.2, 0.25) is 0 Å². The lowest BCUT2D eigenvalue weighted by Crippen LogP contribution is -1.97. The maximum atomic E-state index is 7.00. The van der Waals surface area contributed by atoms with Crippen LogP contribution in [0.5, 0.6) is 0 Å². The number of hydrogen-bond donors (Lipinski definition) is 2. The van der Waals surface area contributed by atoms with Crippen LogP contribution in [0.1, 0.15) is 12.8 Å². The fraction of sp³-hybridized carbons (Fsp3) is 1.00. The molecule has 0 aromatic carbocycles. The van der Waals surface area contributed by atoms with Crippen LogP contribution in [0, 0.1) is 0 Å². The minimum Gasteiger partial charge on any atom is -0.458 e. The van der Waals surface area contributed by atoms with Crippen LogP contribution in [-0.2, 0) is 0 Å². The van der Waals surface area contributed by atoms with E-state index in [1.165, 1.54) is 6.42 Å². The molecule has 0 rings (SSSR count). The first-order valence-electron chi connectivity index (χ1n) is 2.62. The maximum Gasteiger partial charge on any atom is 0.252 e. The SMILES string of the molecule is BO.Cl.NCCCCBr. The third-order valence-corrected chi connectivity index (χ3v) is 1.15. The Balaban J connectivity index is -0.000000109. The van der Waals surface area contributed by atoms with E-state index in [1.807, 2.05) is 0 Å². The summed E-state index contributed by atoms with van der Waals surface area (Å²) in [5.41, 5.74) is 5.19. The van der Waals surface area contributed by atoms with Gasteiger partial charge in [-0.25, -0.2) is 0 Å². The van der Waals surface area contributed by atoms with Crippen molar-refractivity contribution in [3.8, 4) is 0 Å². The van der Waals surface area contributed by atoms with Gasteiger partial charge in [0.1, 0.15) is 0 Å². The molecule has 0 aromatic heterocycles. The van der Waals surface area contributed by atoms with E-state index < -0.39 is 0 Å². The van der Waals surface area contributed by atoms with Gasteiger partial charge in [-0.05, 0) is 19.4 Å². The highest BCUT2D eigenvalue weighted by Gasteiger charge is 1.76. The zero-order chi connectivity index (χ0) is 6.83. The minimum atomic E-state index is 0. The van der Waals surface area contributed by atoms with Gasteiger partial charge in [0.15, 0.2) is 0 Å². The molecule has 0 atom stereocenters. The van der Waals surface area contributed by atoms with E-state index in [2.05, 4.69) is 15.9 Å². The average Bonchev–Trinajstić information content (AvgIpc) is 1.88. The second-order valence-electron chi connectivity index (χ2n) is 1.18. The minimum absolute atomic E-state index is 0. The Bertz CT molecular complexity index is 32.5. The summed E-state index contributed by atoms with van der Waals surface area (Å²) >= 11 is 3.29. The summed E-state index contributed by atoms with van der Waals surface area (Å²) in [6.07, 6.45) is 2.35. The van der Waals surface area contributed by atoms with Crippen LogP contribution in [0.3, 0.4) is 0 Å². The number of halogens is 2. The van der Waals surface area contributed by atoms with Crippen LogP contribution in [-0.4, -0.2) is 24.9 Å². The second kappa shape index (κ2) is 23.3. The second-order valence-corrected chi connectivity index (χ2v) is 1.98. The van der Waals surface area contributed by atoms with Crippen LogP contribution in [0.25, 0.3) is 0 Å². The number of unbranched alkanes of at least 4 members (excludes halogenated alkanes) is 1. The summed E-state index contributed by atoms with van der Waals surface area (Å²) in [5.74, 6) is 0. The van der Waals surface area contributed by atoms with Crippen molar-refractivity contribution >= 4 is 36.4 Å². The highest BCUT2D eigenvalue weighted by molar-refractivity contribution is 9.09. The summed E-state index contributed by atoms with van der Waals surface area (Å²) in [7, 11) is 1.00. The molecule has 0 saturated heterocycles. The lowest BCUT2D eigenvalue weighted by molar-refractivity contribution is 0.629. The van der Waals surface area contributed by atoms with Crippen molar-refractivity contribution in [3.63, 3.8) is 0 Å². The van der Waals surface area contributed by atoms with Crippen molar-refractivity contribution in [1.29, 1.82) is 0 Å². The van der Waals surface area contributed by atoms with E-state index in [9.17, 15) is 0 Å². The summed E-state index contributed by atoms with van der Waals surface area (Å²) in [5, 5.41) is 8.09. The van der Waals surface area contributed by atoms with Gasteiger partial charge in [-0.1, -0.05) is 15.9 Å². The van der Waals surface area contributed by atoms with Crippen molar-refractivity contribution in [2.45, 2.75) is 12.8 Å². The van der Waals surface area contributed by atoms with Crippen molar-refractivity contribution < 1.29 is 5.02 Å². The van der Waals surface area contributed by atoms with Crippen molar-refractivity contribution in [2.24, 2.45) is 5.73 Å². The zero-order valence-corrected chi connectivity index (χ0v) is 8.04. The molecule has 0 spiro atoms. The molecule has 3 N–H and O–H groups in total. The molecular weight excluding hydrogens is 204 g/mol. The first-order valence-corrected chi connectivity index (χ1v) is 3.74. The maximum absolute atomic E-state index is 7.00. The van der Waals surface area contributed by atoms with Crippen LogP contribution in [0.4, 0.5) is 0 Å². The molecule has 0 amide bonds. The van der Waals surface area contributed by atoms with Gasteiger partial charge in [0.25, 0.3) is 8.05 Å². The molecular formula is C4H14BBrClNO. The van der Waals surface area contributed by atoms with E-state index in [-0.39, 0.29) is 12.4 Å². The van der Waals surface area contributed by atoms with Gasteiger partial charge in [-0.2, -0.15) is 0 Å². The van der Waals surface area contributed by atoms with Crippen LogP contribution in [0.2, 0.25) is 0 Å². The van der Waals surface area contributed by atoms with Crippen molar-refractivity contribution in [3.05, 3.63) is 0 Å². The third-order valence-electron chi connectivity index (χ3n) is 0.588. The Kier molecular flexibility index (Phi) is 42.4. The molecule has 0 aliphatic heterocycles. The highest BCUT2D eigenvalue weighted by Crippen LogP contribution is 1.89. The fourth-order valence-electron chi connectivity index (χ4n) is 0.239. The summed E-state index contributed by atoms with van der Waals surface area (Å²) < 4.78 is 0. The molecule has 5 heteroatoms. The molecule has 0 unspecified atom stereocenters. The Morgan fingerprint density at radius 2 is 1.78 bits per heavy atom. The predicted molar refractivity (Wildman–Crippen MR) is 50.1 cm³/mol. The molecule has 9 heavy (non-hydrogen) atoms. The smallest absolute Gasteiger partial charge is 0.252 e. The summed E-state index contributed by atoms with van der Waals surface area (Å²) in [6, 6.07) is 0. The first-order chi connectivity index (χ1) is 3.91. The Hall–Kier alpha value is 0.755. The first kappa shape index (κ1) is 16.4. The molecule has 0 aliphatic rings. The molecule has 0 bridgehead atoms. The number of rotatable bonds is 3. The largest absolute Gasteiger partial charge is 0.458 e. The Morgan fingerprint density at radius 3 is 1.89 bits per heavy atom. The van der Waals surface area contributed by atoms with Gasteiger partial charge >= 0.3 is 0 Å². The monoisotopic (exact) mass is 217 g/mol. The number of hydrogen-bond acceptors (Lipinski definition) is 2. The summed E-state index contributed by atoms with van der Waals surface area (Å²) in [4.78, 5) is 0. The van der Waals surface area contributed by atoms with Gasteiger partial charge in [-0.15, -0.1) is 12.4 Å². The Labute approximate surface area is 72.2 Å². The predicted octanol–water partition coefficient (Wildman–Crippen LogP) is 0.0688. The normalized spacial score (nSPS) is 6.56. The van der Waals surface area contributed by atoms with E-state index in [0.717, 1.165) is 26.3 Å². The quantitative estimate of drug-likeness (QED) is 0.400. The lowest BCUT2D eigenvalue weighted by Gasteiger charge is -1.85. The van der Waals surface area contributed by atoms with Gasteiger partial charge in [0.05, 0.1) is 0 Å². The fourth-order valence-corrected chi connectivity index (χ4v) is 0.635. The molecule has 0 fully saturated rings. The molecule has 0 saturated carbocycles. The third kappa shape index (κ3) is 28.3. The molecule has 0 radical (unpaired) electrons. The van der Waals surface area contributed by atoms with Gasteiger partial charge in [0, 0.05) is 5.33 Å². The topological polar surface area (TPSA) is 46.2 Å². The van der Waals surface area contributed by atoms with Crippen molar-refractivity contribution in [2.75, 3.05) is 11.9 Å². The van der Waals surface area contributed by atoms with Gasteiger partial charge in [-0.3, -0.25) is 0 Å². The number of alkyl halides is 1. The molecule has 0 aliphatic carbocycles. The van der Waals surface area contributed by atoms with E-state index >= 15 is 0 Å². The van der Waals surface area contributed by atoms with Crippen LogP contribution in [0.15, 0.2) is 0 Å². The Morgan fingerprint density at radius 1 is 1.33 bits per heavy atom. The van der Waals surface area contributed by atoms with Crippen LogP contribution < -0.4 is 5.73 Å². The standard InChI is InChI=1S/C4H10BrN.BH3O.ClH/c5-3-1-2-4-6;1-2;/h1-4,6H2;2H,1H2;1H. The molecule has 58 valence electrons. The summed E-state index contributed by atoms with van der Waals surface area (Å²) in [6.45, 7) is 0.825. The van der Waals surface area contributed by atoms with Crippen molar-refractivity contribution in [1.82, 2.24) is 0 Å². The molecule has 0 aromatic rings. The van der Waals surface area contributed by atoms with Crippen LogP contribution >= 0.6 is 28.3 Å². The van der Waals surface area contributed by atoms with E-state index in [1.54, 1.807) is 0 Å². The zero-order valence-electron chi connectivity index (χ0n) is 5.64. The molecule has 2 nitrogen and oxygen atoms in total. The molecule has 0 heterocycles. The van der Waals surface area contributed by atoms with E-state index in [4.69, 9.17) is 10.8 Å². The number of nitrogens with two attached hydrogens (primary N) is 1. The van der Waals surface area contributed by atoms with E-state index in [0.29, 0.717) is 0 Å². The van der Waals surface area contributed by atoms with Gasteiger partial charge < -0.3 is 10.8 Å². The average molecular weight is 218 g/mol.